The second-order valence-corrected chi connectivity index (χ2v) is 6.55. The number of nitrogens with zero attached hydrogens (tertiary/aromatic N) is 2. The average molecular weight is 402 g/mol. The Morgan fingerprint density at radius 2 is 1.92 bits per heavy atom. The van der Waals surface area contributed by atoms with Crippen molar-refractivity contribution in [2.24, 2.45) is 10.7 Å². The van der Waals surface area contributed by atoms with E-state index in [1.165, 1.54) is 12.1 Å². The zero-order valence-corrected chi connectivity index (χ0v) is 16.1. The fourth-order valence-corrected chi connectivity index (χ4v) is 2.99. The molecule has 9 heteroatoms. The topological polar surface area (TPSA) is 94.2 Å². The normalized spacial score (nSPS) is 15.7. The Hall–Kier alpha value is -1.99. The standard InChI is InChI=1S/C17H21Cl2N3O4/c1-3-25-17(24)10(2)26-14-9-13(11(18)8-12(14)19)21-16(15(20)23)22-6-4-5-7-22/h8-10H,3-7H2,1-2H3,(H2,20,23)/b21-16+. The quantitative estimate of drug-likeness (QED) is 0.464. The first kappa shape index (κ1) is 20.3. The van der Waals surface area contributed by atoms with Gasteiger partial charge in [0.1, 0.15) is 5.75 Å². The third kappa shape index (κ3) is 5.02. The maximum absolute atomic E-state index is 11.8. The highest BCUT2D eigenvalue weighted by Gasteiger charge is 2.22. The number of ether oxygens (including phenoxy) is 2. The van der Waals surface area contributed by atoms with E-state index in [1.54, 1.807) is 13.8 Å². The summed E-state index contributed by atoms with van der Waals surface area (Å²) < 4.78 is 10.5. The first-order valence-electron chi connectivity index (χ1n) is 8.29. The molecule has 7 nitrogen and oxygen atoms in total. The molecule has 1 saturated heterocycles. The lowest BCUT2D eigenvalue weighted by atomic mass is 10.3. The van der Waals surface area contributed by atoms with Gasteiger partial charge >= 0.3 is 5.97 Å². The van der Waals surface area contributed by atoms with Crippen molar-refractivity contribution >= 4 is 46.6 Å². The third-order valence-electron chi connectivity index (χ3n) is 3.78. The summed E-state index contributed by atoms with van der Waals surface area (Å²) in [6.07, 6.45) is 1.07. The lowest BCUT2D eigenvalue weighted by Gasteiger charge is -2.18. The lowest BCUT2D eigenvalue weighted by Crippen LogP contribution is -2.38. The minimum Gasteiger partial charge on any atom is -0.477 e. The van der Waals surface area contributed by atoms with Crippen molar-refractivity contribution < 1.29 is 19.1 Å². The number of amidine groups is 1. The van der Waals surface area contributed by atoms with Gasteiger partial charge < -0.3 is 20.1 Å². The maximum Gasteiger partial charge on any atom is 0.347 e. The van der Waals surface area contributed by atoms with Gasteiger partial charge in [-0.05, 0) is 32.8 Å². The zero-order chi connectivity index (χ0) is 19.3. The number of amides is 1. The number of nitrogens with two attached hydrogens (primary N) is 1. The van der Waals surface area contributed by atoms with Crippen LogP contribution >= 0.6 is 23.2 Å². The Morgan fingerprint density at radius 1 is 1.27 bits per heavy atom. The molecular formula is C17H21Cl2N3O4. The maximum atomic E-state index is 11.8. The van der Waals surface area contributed by atoms with E-state index in [0.29, 0.717) is 13.1 Å². The Kier molecular flexibility index (Phi) is 7.11. The van der Waals surface area contributed by atoms with Crippen LogP contribution in [0.3, 0.4) is 0 Å². The van der Waals surface area contributed by atoms with Crippen molar-refractivity contribution in [1.82, 2.24) is 4.90 Å². The van der Waals surface area contributed by atoms with Crippen LogP contribution in [0.2, 0.25) is 10.0 Å². The summed E-state index contributed by atoms with van der Waals surface area (Å²) in [5, 5.41) is 0.455. The van der Waals surface area contributed by atoms with Gasteiger partial charge in [-0.25, -0.2) is 9.79 Å². The Labute approximate surface area is 162 Å². The lowest BCUT2D eigenvalue weighted by molar-refractivity contribution is -0.150. The van der Waals surface area contributed by atoms with Gasteiger partial charge in [0, 0.05) is 19.2 Å². The van der Waals surface area contributed by atoms with Crippen molar-refractivity contribution in [3.63, 3.8) is 0 Å². The van der Waals surface area contributed by atoms with Gasteiger partial charge in [-0.1, -0.05) is 23.2 Å². The molecule has 1 heterocycles. The minimum absolute atomic E-state index is 0.135. The van der Waals surface area contributed by atoms with E-state index in [1.807, 2.05) is 4.90 Å². The molecule has 1 fully saturated rings. The van der Waals surface area contributed by atoms with Crippen LogP contribution in [-0.4, -0.2) is 48.4 Å². The highest BCUT2D eigenvalue weighted by atomic mass is 35.5. The molecule has 1 amide bonds. The molecule has 2 N–H and O–H groups in total. The van der Waals surface area contributed by atoms with Crippen LogP contribution in [0.15, 0.2) is 17.1 Å². The Bertz CT molecular complexity index is 718. The summed E-state index contributed by atoms with van der Waals surface area (Å²) in [5.74, 6) is -0.810. The molecular weight excluding hydrogens is 381 g/mol. The van der Waals surface area contributed by atoms with Crippen LogP contribution in [0.25, 0.3) is 0 Å². The highest BCUT2D eigenvalue weighted by Crippen LogP contribution is 2.36. The Morgan fingerprint density at radius 3 is 2.50 bits per heavy atom. The van der Waals surface area contributed by atoms with Gasteiger partial charge in [0.25, 0.3) is 5.91 Å². The van der Waals surface area contributed by atoms with Crippen LogP contribution in [0.1, 0.15) is 26.7 Å². The number of hydrogen-bond acceptors (Lipinski definition) is 5. The van der Waals surface area contributed by atoms with Gasteiger partial charge in [0.15, 0.2) is 11.9 Å². The van der Waals surface area contributed by atoms with Gasteiger partial charge in [-0.2, -0.15) is 0 Å². The molecule has 1 unspecified atom stereocenters. The first-order valence-corrected chi connectivity index (χ1v) is 9.04. The van der Waals surface area contributed by atoms with E-state index in [-0.39, 0.29) is 33.9 Å². The van der Waals surface area contributed by atoms with Crippen molar-refractivity contribution in [1.29, 1.82) is 0 Å². The summed E-state index contributed by atoms with van der Waals surface area (Å²) in [6.45, 7) is 4.90. The van der Waals surface area contributed by atoms with Crippen molar-refractivity contribution in [3.8, 4) is 5.75 Å². The van der Waals surface area contributed by atoms with Gasteiger partial charge in [0.2, 0.25) is 0 Å². The van der Waals surface area contributed by atoms with Crippen LogP contribution in [0.4, 0.5) is 5.69 Å². The molecule has 0 bridgehead atoms. The third-order valence-corrected chi connectivity index (χ3v) is 4.37. The molecule has 0 saturated carbocycles. The number of carbonyl (C=O) groups is 2. The molecule has 1 aromatic carbocycles. The van der Waals surface area contributed by atoms with Crippen molar-refractivity contribution in [2.75, 3.05) is 19.7 Å². The predicted octanol–water partition coefficient (Wildman–Crippen LogP) is 2.93. The molecule has 0 radical (unpaired) electrons. The molecule has 0 spiro atoms. The summed E-state index contributed by atoms with van der Waals surface area (Å²) in [4.78, 5) is 29.6. The van der Waals surface area contributed by atoms with E-state index >= 15 is 0 Å². The molecule has 1 aromatic rings. The van der Waals surface area contributed by atoms with Crippen LogP contribution in [0.5, 0.6) is 5.75 Å². The zero-order valence-electron chi connectivity index (χ0n) is 14.6. The molecule has 1 aliphatic rings. The van der Waals surface area contributed by atoms with Crippen molar-refractivity contribution in [3.05, 3.63) is 22.2 Å². The Balaban J connectivity index is 2.32. The van der Waals surface area contributed by atoms with Gasteiger partial charge in [0.05, 0.1) is 22.3 Å². The minimum atomic E-state index is -0.861. The number of aliphatic imine (C=N–C) groups is 1. The average Bonchev–Trinajstić information content (AvgIpc) is 3.10. The number of benzene rings is 1. The van der Waals surface area contributed by atoms with E-state index in [2.05, 4.69) is 4.99 Å². The number of hydrogen-bond donors (Lipinski definition) is 1. The number of primary amides is 1. The summed E-state index contributed by atoms with van der Waals surface area (Å²) in [5.41, 5.74) is 5.74. The monoisotopic (exact) mass is 401 g/mol. The second kappa shape index (κ2) is 9.09. The molecule has 142 valence electrons. The smallest absolute Gasteiger partial charge is 0.347 e. The van der Waals surface area contributed by atoms with Crippen molar-refractivity contribution in [2.45, 2.75) is 32.8 Å². The fourth-order valence-electron chi connectivity index (χ4n) is 2.52. The van der Waals surface area contributed by atoms with Crippen LogP contribution < -0.4 is 10.5 Å². The molecule has 2 rings (SSSR count). The largest absolute Gasteiger partial charge is 0.477 e. The number of rotatable bonds is 5. The van der Waals surface area contributed by atoms with Crippen LogP contribution in [-0.2, 0) is 14.3 Å². The van der Waals surface area contributed by atoms with Gasteiger partial charge in [-0.3, -0.25) is 4.79 Å². The SMILES string of the molecule is CCOC(=O)C(C)Oc1cc(/N=C(\C(N)=O)N2CCCC2)c(Cl)cc1Cl. The molecule has 1 atom stereocenters. The number of carbonyl (C=O) groups excluding carboxylic acids is 2. The molecule has 1 aliphatic heterocycles. The van der Waals surface area contributed by atoms with Crippen LogP contribution in [0, 0.1) is 0 Å². The van der Waals surface area contributed by atoms with E-state index in [4.69, 9.17) is 38.4 Å². The summed E-state index contributed by atoms with van der Waals surface area (Å²) in [6, 6.07) is 2.91. The molecule has 26 heavy (non-hydrogen) atoms. The summed E-state index contributed by atoms with van der Waals surface area (Å²) >= 11 is 12.3. The second-order valence-electron chi connectivity index (χ2n) is 5.74. The number of esters is 1. The molecule has 0 aromatic heterocycles. The molecule has 0 aliphatic carbocycles. The highest BCUT2D eigenvalue weighted by molar-refractivity contribution is 6.39. The van der Waals surface area contributed by atoms with E-state index < -0.39 is 18.0 Å². The van der Waals surface area contributed by atoms with E-state index in [0.717, 1.165) is 12.8 Å². The van der Waals surface area contributed by atoms with Gasteiger partial charge in [-0.15, -0.1) is 0 Å². The predicted molar refractivity (Wildman–Crippen MR) is 100 cm³/mol. The number of likely N-dealkylation sites (tertiary alicyclic amines) is 1. The summed E-state index contributed by atoms with van der Waals surface area (Å²) in [7, 11) is 0. The van der Waals surface area contributed by atoms with E-state index in [9.17, 15) is 9.59 Å². The fraction of sp³-hybridized carbons (Fsp3) is 0.471. The number of halogens is 2. The first-order chi connectivity index (χ1) is 12.3.